The van der Waals surface area contributed by atoms with Gasteiger partial charge in [0.05, 0.1) is 6.21 Å². The van der Waals surface area contributed by atoms with Crippen LogP contribution in [-0.4, -0.2) is 36.6 Å². The average Bonchev–Trinajstić information content (AvgIpc) is 2.66. The summed E-state index contributed by atoms with van der Waals surface area (Å²) in [5, 5.41) is 8.98. The van der Waals surface area contributed by atoms with Crippen molar-refractivity contribution < 1.29 is 19.1 Å². The van der Waals surface area contributed by atoms with Gasteiger partial charge < -0.3 is 15.4 Å². The molecule has 0 aliphatic carbocycles. The van der Waals surface area contributed by atoms with Crippen molar-refractivity contribution in [3.8, 4) is 5.75 Å². The maximum atomic E-state index is 12.0. The van der Waals surface area contributed by atoms with Crippen molar-refractivity contribution in [1.82, 2.24) is 10.7 Å². The van der Waals surface area contributed by atoms with Crippen LogP contribution in [-0.2, 0) is 14.4 Å². The van der Waals surface area contributed by atoms with Crippen LogP contribution in [0.4, 0.5) is 5.69 Å². The first-order valence-corrected chi connectivity index (χ1v) is 9.07. The summed E-state index contributed by atoms with van der Waals surface area (Å²) < 4.78 is 5.50. The van der Waals surface area contributed by atoms with Crippen LogP contribution in [0.2, 0.25) is 0 Å². The number of hydrogen-bond donors (Lipinski definition) is 3. The zero-order valence-corrected chi connectivity index (χ0v) is 16.6. The molecule has 0 bridgehead atoms. The topological polar surface area (TPSA) is 109 Å². The number of hydrazone groups is 1. The number of carbonyl (C=O) groups is 3. The first kappa shape index (κ1) is 21.6. The summed E-state index contributed by atoms with van der Waals surface area (Å²) >= 11 is 0. The Balaban J connectivity index is 1.85. The number of aryl methyl sites for hydroxylation is 1. The van der Waals surface area contributed by atoms with Crippen molar-refractivity contribution in [2.45, 2.75) is 26.8 Å². The van der Waals surface area contributed by atoms with E-state index in [9.17, 15) is 14.4 Å². The number of anilines is 1. The minimum absolute atomic E-state index is 0.144. The molecular weight excluding hydrogens is 372 g/mol. The minimum Gasteiger partial charge on any atom is -0.484 e. The molecule has 2 aromatic carbocycles. The Morgan fingerprint density at radius 3 is 2.55 bits per heavy atom. The van der Waals surface area contributed by atoms with Crippen LogP contribution in [0, 0.1) is 6.92 Å². The van der Waals surface area contributed by atoms with E-state index in [-0.39, 0.29) is 18.6 Å². The van der Waals surface area contributed by atoms with Gasteiger partial charge in [0.2, 0.25) is 0 Å². The van der Waals surface area contributed by atoms with E-state index < -0.39 is 11.8 Å². The molecule has 0 heterocycles. The first-order chi connectivity index (χ1) is 13.8. The van der Waals surface area contributed by atoms with Crippen molar-refractivity contribution >= 4 is 29.6 Å². The summed E-state index contributed by atoms with van der Waals surface area (Å²) in [5.74, 6) is -1.42. The Bertz CT molecular complexity index is 909. The van der Waals surface area contributed by atoms with Crippen molar-refractivity contribution in [1.29, 1.82) is 0 Å². The third-order valence-corrected chi connectivity index (χ3v) is 3.54. The van der Waals surface area contributed by atoms with E-state index in [1.807, 2.05) is 25.1 Å². The zero-order valence-electron chi connectivity index (χ0n) is 16.6. The van der Waals surface area contributed by atoms with Gasteiger partial charge in [0.1, 0.15) is 5.75 Å². The number of benzene rings is 2. The van der Waals surface area contributed by atoms with Gasteiger partial charge in [0.25, 0.3) is 5.91 Å². The molecule has 8 nitrogen and oxygen atoms in total. The van der Waals surface area contributed by atoms with Crippen LogP contribution in [0.3, 0.4) is 0 Å². The van der Waals surface area contributed by atoms with E-state index >= 15 is 0 Å². The first-order valence-electron chi connectivity index (χ1n) is 9.07. The lowest BCUT2D eigenvalue weighted by Crippen LogP contribution is -2.41. The Kier molecular flexibility index (Phi) is 7.90. The number of nitrogens with zero attached hydrogens (tertiary/aromatic N) is 1. The van der Waals surface area contributed by atoms with Gasteiger partial charge in [-0.3, -0.25) is 14.4 Å². The highest BCUT2D eigenvalue weighted by Gasteiger charge is 2.12. The maximum Gasteiger partial charge on any atom is 0.329 e. The molecule has 0 radical (unpaired) electrons. The van der Waals surface area contributed by atoms with E-state index in [1.165, 1.54) is 6.21 Å². The molecule has 0 aliphatic rings. The molecule has 2 aromatic rings. The third-order valence-electron chi connectivity index (χ3n) is 3.54. The molecule has 3 amide bonds. The Hall–Kier alpha value is -3.68. The molecule has 2 rings (SSSR count). The van der Waals surface area contributed by atoms with Crippen molar-refractivity contribution in [3.63, 3.8) is 0 Å². The van der Waals surface area contributed by atoms with E-state index in [4.69, 9.17) is 4.74 Å². The summed E-state index contributed by atoms with van der Waals surface area (Å²) in [6.45, 7) is 5.29. The SMILES string of the molecule is Cc1cccc(NC(=O)COc2cccc(/C=N\NC(=O)C(=O)NC(C)C)c2)c1. The molecule has 0 aromatic heterocycles. The van der Waals surface area contributed by atoms with Crippen LogP contribution in [0.5, 0.6) is 5.75 Å². The van der Waals surface area contributed by atoms with Crippen LogP contribution in [0.25, 0.3) is 0 Å². The molecule has 0 saturated heterocycles. The highest BCUT2D eigenvalue weighted by molar-refractivity contribution is 6.35. The summed E-state index contributed by atoms with van der Waals surface area (Å²) in [5.41, 5.74) is 4.53. The van der Waals surface area contributed by atoms with Gasteiger partial charge in [0.15, 0.2) is 6.61 Å². The van der Waals surface area contributed by atoms with Crippen LogP contribution in [0.15, 0.2) is 53.6 Å². The Morgan fingerprint density at radius 2 is 1.83 bits per heavy atom. The second-order valence-electron chi connectivity index (χ2n) is 6.61. The molecule has 0 fully saturated rings. The van der Waals surface area contributed by atoms with E-state index in [2.05, 4.69) is 21.2 Å². The standard InChI is InChI=1S/C21H24N4O4/c1-14(2)23-20(27)21(28)25-22-12-16-7-5-9-18(11-16)29-13-19(26)24-17-8-4-6-15(3)10-17/h4-12,14H,13H2,1-3H3,(H,23,27)(H,24,26)(H,25,28)/b22-12-. The second kappa shape index (κ2) is 10.6. The quantitative estimate of drug-likeness (QED) is 0.378. The molecular formula is C21H24N4O4. The average molecular weight is 396 g/mol. The fraction of sp³-hybridized carbons (Fsp3) is 0.238. The van der Waals surface area contributed by atoms with Gasteiger partial charge in [-0.05, 0) is 56.2 Å². The molecule has 29 heavy (non-hydrogen) atoms. The van der Waals surface area contributed by atoms with Gasteiger partial charge >= 0.3 is 11.8 Å². The van der Waals surface area contributed by atoms with Crippen LogP contribution < -0.4 is 20.8 Å². The Labute approximate surface area is 169 Å². The smallest absolute Gasteiger partial charge is 0.329 e. The number of nitrogens with one attached hydrogen (secondary N) is 3. The van der Waals surface area contributed by atoms with Crippen molar-refractivity contribution in [2.24, 2.45) is 5.10 Å². The monoisotopic (exact) mass is 396 g/mol. The molecule has 0 aliphatic heterocycles. The fourth-order valence-electron chi connectivity index (χ4n) is 2.30. The predicted octanol–water partition coefficient (Wildman–Crippen LogP) is 1.99. The summed E-state index contributed by atoms with van der Waals surface area (Å²) in [6.07, 6.45) is 1.38. The van der Waals surface area contributed by atoms with Crippen molar-refractivity contribution in [3.05, 3.63) is 59.7 Å². The molecule has 8 heteroatoms. The largest absolute Gasteiger partial charge is 0.484 e. The van der Waals surface area contributed by atoms with Gasteiger partial charge in [-0.1, -0.05) is 24.3 Å². The lowest BCUT2D eigenvalue weighted by molar-refractivity contribution is -0.139. The summed E-state index contributed by atoms with van der Waals surface area (Å²) in [6, 6.07) is 14.1. The zero-order chi connectivity index (χ0) is 21.2. The maximum absolute atomic E-state index is 12.0. The highest BCUT2D eigenvalue weighted by Crippen LogP contribution is 2.13. The van der Waals surface area contributed by atoms with Crippen LogP contribution >= 0.6 is 0 Å². The van der Waals surface area contributed by atoms with E-state index in [0.29, 0.717) is 17.0 Å². The van der Waals surface area contributed by atoms with Gasteiger partial charge in [-0.2, -0.15) is 5.10 Å². The summed E-state index contributed by atoms with van der Waals surface area (Å²) in [4.78, 5) is 35.1. The fourth-order valence-corrected chi connectivity index (χ4v) is 2.30. The Morgan fingerprint density at radius 1 is 1.07 bits per heavy atom. The lowest BCUT2D eigenvalue weighted by Gasteiger charge is -2.08. The van der Waals surface area contributed by atoms with Crippen molar-refractivity contribution in [2.75, 3.05) is 11.9 Å². The lowest BCUT2D eigenvalue weighted by atomic mass is 10.2. The van der Waals surface area contributed by atoms with Gasteiger partial charge in [-0.15, -0.1) is 0 Å². The number of hydrogen-bond acceptors (Lipinski definition) is 5. The number of ether oxygens (including phenoxy) is 1. The minimum atomic E-state index is -0.852. The molecule has 0 atom stereocenters. The van der Waals surface area contributed by atoms with Gasteiger partial charge in [0, 0.05) is 11.7 Å². The highest BCUT2D eigenvalue weighted by atomic mass is 16.5. The number of amides is 3. The summed E-state index contributed by atoms with van der Waals surface area (Å²) in [7, 11) is 0. The molecule has 152 valence electrons. The predicted molar refractivity (Wildman–Crippen MR) is 111 cm³/mol. The van der Waals surface area contributed by atoms with Crippen LogP contribution in [0.1, 0.15) is 25.0 Å². The second-order valence-corrected chi connectivity index (χ2v) is 6.61. The molecule has 3 N–H and O–H groups in total. The number of rotatable bonds is 7. The van der Waals surface area contributed by atoms with Gasteiger partial charge in [-0.25, -0.2) is 5.43 Å². The number of carbonyl (C=O) groups excluding carboxylic acids is 3. The molecule has 0 unspecified atom stereocenters. The third kappa shape index (κ3) is 7.84. The molecule has 0 saturated carbocycles. The van der Waals surface area contributed by atoms with E-state index in [1.54, 1.807) is 44.2 Å². The molecule has 0 spiro atoms. The van der Waals surface area contributed by atoms with E-state index in [0.717, 1.165) is 5.56 Å². The normalized spacial score (nSPS) is 10.6.